The molecule has 0 radical (unpaired) electrons. The van der Waals surface area contributed by atoms with E-state index in [2.05, 4.69) is 51.1 Å². The monoisotopic (exact) mass is 326 g/mol. The van der Waals surface area contributed by atoms with Crippen LogP contribution in [0.25, 0.3) is 11.1 Å². The lowest BCUT2D eigenvalue weighted by molar-refractivity contribution is 0.415. The molecule has 2 aromatic carbocycles. The lowest BCUT2D eigenvalue weighted by atomic mass is 9.93. The second kappa shape index (κ2) is 8.03. The molecule has 2 heteroatoms. The topological polar surface area (TPSA) is 9.23 Å². The maximum atomic E-state index is 5.97. The molecule has 0 atom stereocenters. The molecule has 120 valence electrons. The maximum absolute atomic E-state index is 5.97. The Morgan fingerprint density at radius 3 is 2.04 bits per heavy atom. The number of methoxy groups -OCH3 is 1. The number of hydrogen-bond acceptors (Lipinski definition) is 1. The second-order valence-electron chi connectivity index (χ2n) is 5.63. The van der Waals surface area contributed by atoms with Crippen molar-refractivity contribution >= 4 is 22.7 Å². The van der Waals surface area contributed by atoms with Crippen molar-refractivity contribution in [1.29, 1.82) is 0 Å². The average molecular weight is 327 g/mol. The summed E-state index contributed by atoms with van der Waals surface area (Å²) in [4.78, 5) is 0. The Hall–Kier alpha value is -1.99. The van der Waals surface area contributed by atoms with Gasteiger partial charge in [-0.25, -0.2) is 0 Å². The minimum absolute atomic E-state index is 0.770. The van der Waals surface area contributed by atoms with Gasteiger partial charge in [-0.1, -0.05) is 47.5 Å². The van der Waals surface area contributed by atoms with Crippen LogP contribution in [0.2, 0.25) is 5.02 Å². The van der Waals surface area contributed by atoms with E-state index < -0.39 is 0 Å². The first-order valence-corrected chi connectivity index (χ1v) is 8.15. The van der Waals surface area contributed by atoms with E-state index in [0.717, 1.165) is 17.2 Å². The van der Waals surface area contributed by atoms with Gasteiger partial charge in [0.2, 0.25) is 0 Å². The summed E-state index contributed by atoms with van der Waals surface area (Å²) in [6, 6.07) is 16.3. The first kappa shape index (κ1) is 17.4. The van der Waals surface area contributed by atoms with Gasteiger partial charge in [0.1, 0.15) is 5.75 Å². The molecule has 0 saturated carbocycles. The molecule has 2 rings (SSSR count). The van der Waals surface area contributed by atoms with Gasteiger partial charge >= 0.3 is 0 Å². The van der Waals surface area contributed by atoms with E-state index in [1.807, 2.05) is 24.3 Å². The molecule has 2 aromatic rings. The van der Waals surface area contributed by atoms with Gasteiger partial charge in [0.15, 0.2) is 0 Å². The number of rotatable bonds is 5. The zero-order valence-corrected chi connectivity index (χ0v) is 14.9. The molecule has 23 heavy (non-hydrogen) atoms. The summed E-state index contributed by atoms with van der Waals surface area (Å²) in [5.74, 6) is 0.883. The molecule has 0 saturated heterocycles. The fourth-order valence-corrected chi connectivity index (χ4v) is 2.67. The zero-order valence-electron chi connectivity index (χ0n) is 14.2. The van der Waals surface area contributed by atoms with Crippen molar-refractivity contribution in [1.82, 2.24) is 0 Å². The van der Waals surface area contributed by atoms with Crippen LogP contribution in [-0.4, -0.2) is 7.11 Å². The molecule has 0 spiro atoms. The van der Waals surface area contributed by atoms with Crippen LogP contribution >= 0.6 is 11.6 Å². The van der Waals surface area contributed by atoms with Gasteiger partial charge in [-0.05, 0) is 73.7 Å². The highest BCUT2D eigenvalue weighted by atomic mass is 35.5. The van der Waals surface area contributed by atoms with Gasteiger partial charge < -0.3 is 4.74 Å². The Labute approximate surface area is 144 Å². The Kier molecular flexibility index (Phi) is 6.06. The third kappa shape index (κ3) is 4.49. The van der Waals surface area contributed by atoms with Crippen molar-refractivity contribution in [2.24, 2.45) is 0 Å². The van der Waals surface area contributed by atoms with Crippen molar-refractivity contribution < 1.29 is 4.74 Å². The molecule has 0 unspecified atom stereocenters. The van der Waals surface area contributed by atoms with Crippen LogP contribution in [0.15, 0.2) is 60.2 Å². The van der Waals surface area contributed by atoms with E-state index in [9.17, 15) is 0 Å². The predicted octanol–water partition coefficient (Wildman–Crippen LogP) is 6.64. The first-order chi connectivity index (χ1) is 11.0. The first-order valence-electron chi connectivity index (χ1n) is 7.77. The molecule has 0 heterocycles. The van der Waals surface area contributed by atoms with Gasteiger partial charge in [-0.2, -0.15) is 0 Å². The van der Waals surface area contributed by atoms with E-state index in [4.69, 9.17) is 16.3 Å². The third-order valence-corrected chi connectivity index (χ3v) is 4.43. The Morgan fingerprint density at radius 2 is 1.52 bits per heavy atom. The summed E-state index contributed by atoms with van der Waals surface area (Å²) in [5, 5.41) is 0.770. The maximum Gasteiger partial charge on any atom is 0.118 e. The molecule has 0 aliphatic carbocycles. The summed E-state index contributed by atoms with van der Waals surface area (Å²) in [7, 11) is 1.69. The van der Waals surface area contributed by atoms with E-state index in [1.54, 1.807) is 7.11 Å². The van der Waals surface area contributed by atoms with Gasteiger partial charge in [0.25, 0.3) is 0 Å². The minimum atomic E-state index is 0.770. The zero-order chi connectivity index (χ0) is 16.8. The largest absolute Gasteiger partial charge is 0.497 e. The second-order valence-corrected chi connectivity index (χ2v) is 6.07. The lowest BCUT2D eigenvalue weighted by Crippen LogP contribution is -1.91. The fraction of sp³-hybridized carbons (Fsp3) is 0.238. The third-order valence-electron chi connectivity index (χ3n) is 4.18. The normalized spacial score (nSPS) is 12.8. The van der Waals surface area contributed by atoms with Gasteiger partial charge in [-0.3, -0.25) is 0 Å². The lowest BCUT2D eigenvalue weighted by Gasteiger charge is -2.12. The van der Waals surface area contributed by atoms with E-state index in [-0.39, 0.29) is 0 Å². The number of ether oxygens (including phenoxy) is 1. The SMILES string of the molecule is CC=C(CC(C)=C(C)c1ccc(Cl)cc1)c1ccc(OC)cc1. The smallest absolute Gasteiger partial charge is 0.118 e. The van der Waals surface area contributed by atoms with Crippen LogP contribution in [0.5, 0.6) is 5.75 Å². The molecular weight excluding hydrogens is 304 g/mol. The molecular formula is C21H23ClO. The summed E-state index contributed by atoms with van der Waals surface area (Å²) in [6.45, 7) is 6.45. The highest BCUT2D eigenvalue weighted by Crippen LogP contribution is 2.29. The molecule has 0 aliphatic heterocycles. The van der Waals surface area contributed by atoms with Crippen molar-refractivity contribution in [2.75, 3.05) is 7.11 Å². The quantitative estimate of drug-likeness (QED) is 0.598. The van der Waals surface area contributed by atoms with E-state index in [1.165, 1.54) is 27.8 Å². The predicted molar refractivity (Wildman–Crippen MR) is 101 cm³/mol. The number of halogens is 1. The highest BCUT2D eigenvalue weighted by molar-refractivity contribution is 6.30. The van der Waals surface area contributed by atoms with Crippen molar-refractivity contribution in [2.45, 2.75) is 27.2 Å². The Bertz CT molecular complexity index is 707. The van der Waals surface area contributed by atoms with Gasteiger partial charge in [0, 0.05) is 5.02 Å². The van der Waals surface area contributed by atoms with Crippen LogP contribution in [0.4, 0.5) is 0 Å². The molecule has 0 amide bonds. The van der Waals surface area contributed by atoms with E-state index >= 15 is 0 Å². The van der Waals surface area contributed by atoms with Gasteiger partial charge in [0.05, 0.1) is 7.11 Å². The van der Waals surface area contributed by atoms with Crippen molar-refractivity contribution in [3.05, 3.63) is 76.3 Å². The Balaban J connectivity index is 2.23. The van der Waals surface area contributed by atoms with Crippen LogP contribution in [0, 0.1) is 0 Å². The molecule has 0 aliphatic rings. The van der Waals surface area contributed by atoms with Crippen LogP contribution in [0.1, 0.15) is 38.3 Å². The van der Waals surface area contributed by atoms with Crippen LogP contribution in [-0.2, 0) is 0 Å². The standard InChI is InChI=1S/C21H23ClO/c1-5-17(19-8-12-21(23-4)13-9-19)14-15(2)16(3)18-6-10-20(22)11-7-18/h5-13H,14H2,1-4H3. The highest BCUT2D eigenvalue weighted by Gasteiger charge is 2.06. The molecule has 0 fully saturated rings. The van der Waals surface area contributed by atoms with Crippen LogP contribution < -0.4 is 4.74 Å². The average Bonchev–Trinajstić information content (AvgIpc) is 2.59. The molecule has 0 N–H and O–H groups in total. The summed E-state index contributed by atoms with van der Waals surface area (Å²) in [5.41, 5.74) is 6.43. The van der Waals surface area contributed by atoms with E-state index in [0.29, 0.717) is 0 Å². The summed E-state index contributed by atoms with van der Waals surface area (Å²) in [6.07, 6.45) is 3.11. The molecule has 1 nitrogen and oxygen atoms in total. The van der Waals surface area contributed by atoms with Crippen molar-refractivity contribution in [3.8, 4) is 5.75 Å². The number of allylic oxidation sites excluding steroid dienone is 4. The number of hydrogen-bond donors (Lipinski definition) is 0. The van der Waals surface area contributed by atoms with Crippen molar-refractivity contribution in [3.63, 3.8) is 0 Å². The minimum Gasteiger partial charge on any atom is -0.497 e. The Morgan fingerprint density at radius 1 is 0.957 bits per heavy atom. The van der Waals surface area contributed by atoms with Gasteiger partial charge in [-0.15, -0.1) is 0 Å². The fourth-order valence-electron chi connectivity index (χ4n) is 2.54. The summed E-state index contributed by atoms with van der Waals surface area (Å²) < 4.78 is 5.23. The van der Waals surface area contributed by atoms with Crippen LogP contribution in [0.3, 0.4) is 0 Å². The number of benzene rings is 2. The summed E-state index contributed by atoms with van der Waals surface area (Å²) >= 11 is 5.97. The molecule has 0 bridgehead atoms. The molecule has 0 aromatic heterocycles.